The Hall–Kier alpha value is -0.0800. The van der Waals surface area contributed by atoms with Crippen LogP contribution in [0.2, 0.25) is 0 Å². The van der Waals surface area contributed by atoms with Gasteiger partial charge in [0.2, 0.25) is 0 Å². The summed E-state index contributed by atoms with van der Waals surface area (Å²) in [6, 6.07) is 0. The molecule has 0 amide bonds. The van der Waals surface area contributed by atoms with Crippen LogP contribution in [0.4, 0.5) is 0 Å². The van der Waals surface area contributed by atoms with Gasteiger partial charge in [0.1, 0.15) is 0 Å². The van der Waals surface area contributed by atoms with Crippen LogP contribution in [0.1, 0.15) is 41.5 Å². The van der Waals surface area contributed by atoms with Gasteiger partial charge in [-0.05, 0) is 33.1 Å². The maximum atomic E-state index is 6.02. The van der Waals surface area contributed by atoms with Crippen LogP contribution < -0.4 is 11.5 Å². The number of hydrogen-bond donors (Lipinski definition) is 2. The molecule has 4 N–H and O–H groups in total. The zero-order chi connectivity index (χ0) is 9.50. The van der Waals surface area contributed by atoms with Gasteiger partial charge in [-0.25, -0.2) is 0 Å². The first kappa shape index (κ1) is 10.9. The molecule has 0 heterocycles. The molecule has 0 saturated carbocycles. The van der Waals surface area contributed by atoms with Gasteiger partial charge < -0.3 is 11.5 Å². The minimum atomic E-state index is -0.245. The second-order valence-corrected chi connectivity index (χ2v) is 5.07. The molecule has 0 aromatic carbocycles. The fourth-order valence-corrected chi connectivity index (χ4v) is 0.830. The van der Waals surface area contributed by atoms with Crippen LogP contribution in [-0.4, -0.2) is 11.1 Å². The summed E-state index contributed by atoms with van der Waals surface area (Å²) in [6.07, 6.45) is 0. The Morgan fingerprint density at radius 1 is 0.636 bits per heavy atom. The van der Waals surface area contributed by atoms with Crippen molar-refractivity contribution >= 4 is 0 Å². The van der Waals surface area contributed by atoms with Gasteiger partial charge in [-0.3, -0.25) is 0 Å². The Morgan fingerprint density at radius 2 is 0.818 bits per heavy atom. The standard InChI is InChI=1S/C9H22N2/c1-7(2,8(3,4)10)9(5,6)11/h10-11H2,1-6H3. The van der Waals surface area contributed by atoms with Crippen molar-refractivity contribution in [3.05, 3.63) is 0 Å². The van der Waals surface area contributed by atoms with Crippen LogP contribution in [-0.2, 0) is 0 Å². The van der Waals surface area contributed by atoms with E-state index in [-0.39, 0.29) is 16.5 Å². The molecule has 0 aliphatic carbocycles. The van der Waals surface area contributed by atoms with E-state index in [1.165, 1.54) is 0 Å². The molecule has 0 aliphatic rings. The Kier molecular flexibility index (Phi) is 2.44. The summed E-state index contributed by atoms with van der Waals surface area (Å²) in [5, 5.41) is 0. The van der Waals surface area contributed by atoms with Gasteiger partial charge in [-0.15, -0.1) is 0 Å². The Labute approximate surface area is 70.3 Å². The largest absolute Gasteiger partial charge is 0.325 e. The van der Waals surface area contributed by atoms with Gasteiger partial charge in [0, 0.05) is 11.1 Å². The van der Waals surface area contributed by atoms with E-state index in [1.54, 1.807) is 0 Å². The zero-order valence-corrected chi connectivity index (χ0v) is 8.65. The molecule has 0 spiro atoms. The highest BCUT2D eigenvalue weighted by Crippen LogP contribution is 2.37. The van der Waals surface area contributed by atoms with Crippen LogP contribution in [0, 0.1) is 5.41 Å². The first-order chi connectivity index (χ1) is 4.50. The van der Waals surface area contributed by atoms with Gasteiger partial charge >= 0.3 is 0 Å². The van der Waals surface area contributed by atoms with Crippen LogP contribution >= 0.6 is 0 Å². The zero-order valence-electron chi connectivity index (χ0n) is 8.65. The molecule has 11 heavy (non-hydrogen) atoms. The molecule has 68 valence electrons. The second kappa shape index (κ2) is 2.46. The lowest BCUT2D eigenvalue weighted by molar-refractivity contribution is 0.103. The molecule has 0 fully saturated rings. The van der Waals surface area contributed by atoms with Gasteiger partial charge in [-0.1, -0.05) is 13.8 Å². The summed E-state index contributed by atoms with van der Waals surface area (Å²) < 4.78 is 0. The van der Waals surface area contributed by atoms with Crippen molar-refractivity contribution in [2.75, 3.05) is 0 Å². The van der Waals surface area contributed by atoms with Crippen LogP contribution in [0.15, 0.2) is 0 Å². The topological polar surface area (TPSA) is 52.0 Å². The van der Waals surface area contributed by atoms with E-state index in [0.29, 0.717) is 0 Å². The van der Waals surface area contributed by atoms with Crippen molar-refractivity contribution in [2.45, 2.75) is 52.6 Å². The first-order valence-electron chi connectivity index (χ1n) is 4.08. The Morgan fingerprint density at radius 3 is 0.818 bits per heavy atom. The lowest BCUT2D eigenvalue weighted by atomic mass is 9.64. The summed E-state index contributed by atoms with van der Waals surface area (Å²) in [6.45, 7) is 12.3. The van der Waals surface area contributed by atoms with E-state index in [2.05, 4.69) is 13.8 Å². The molecule has 0 rings (SSSR count). The predicted molar refractivity (Wildman–Crippen MR) is 50.3 cm³/mol. The third kappa shape index (κ3) is 1.94. The number of hydrogen-bond acceptors (Lipinski definition) is 2. The highest BCUT2D eigenvalue weighted by atomic mass is 14.9. The van der Waals surface area contributed by atoms with Gasteiger partial charge in [0.25, 0.3) is 0 Å². The van der Waals surface area contributed by atoms with E-state index < -0.39 is 0 Å². The van der Waals surface area contributed by atoms with E-state index in [4.69, 9.17) is 11.5 Å². The van der Waals surface area contributed by atoms with Gasteiger partial charge in [0.05, 0.1) is 0 Å². The molecule has 0 saturated heterocycles. The van der Waals surface area contributed by atoms with E-state index in [9.17, 15) is 0 Å². The highest BCUT2D eigenvalue weighted by Gasteiger charge is 2.43. The lowest BCUT2D eigenvalue weighted by Crippen LogP contribution is -2.61. The molecule has 0 aromatic heterocycles. The molecule has 2 nitrogen and oxygen atoms in total. The molecular formula is C9H22N2. The normalized spacial score (nSPS) is 15.3. The quantitative estimate of drug-likeness (QED) is 0.639. The van der Waals surface area contributed by atoms with E-state index in [1.807, 2.05) is 27.7 Å². The molecular weight excluding hydrogens is 136 g/mol. The summed E-state index contributed by atoms with van der Waals surface area (Å²) in [7, 11) is 0. The third-order valence-corrected chi connectivity index (χ3v) is 3.22. The lowest BCUT2D eigenvalue weighted by Gasteiger charge is -2.48. The Bertz CT molecular complexity index is 119. The second-order valence-electron chi connectivity index (χ2n) is 5.07. The van der Waals surface area contributed by atoms with E-state index in [0.717, 1.165) is 0 Å². The Balaban J connectivity index is 4.75. The first-order valence-corrected chi connectivity index (χ1v) is 4.08. The SMILES string of the molecule is CC(C)(N)C(C)(C)C(C)(C)N. The molecule has 0 atom stereocenters. The van der Waals surface area contributed by atoms with Crippen LogP contribution in [0.25, 0.3) is 0 Å². The fraction of sp³-hybridized carbons (Fsp3) is 1.00. The van der Waals surface area contributed by atoms with E-state index >= 15 is 0 Å². The average Bonchev–Trinajstić information content (AvgIpc) is 1.58. The van der Waals surface area contributed by atoms with Crippen molar-refractivity contribution in [1.29, 1.82) is 0 Å². The predicted octanol–water partition coefficient (Wildman–Crippen LogP) is 1.49. The third-order valence-electron chi connectivity index (χ3n) is 3.22. The fourth-order valence-electron chi connectivity index (χ4n) is 0.830. The maximum absolute atomic E-state index is 6.02. The summed E-state index contributed by atoms with van der Waals surface area (Å²) in [5.41, 5.74) is 11.5. The minimum absolute atomic E-state index is 0.0694. The molecule has 0 aromatic rings. The molecule has 0 radical (unpaired) electrons. The maximum Gasteiger partial charge on any atom is 0.0166 e. The average molecular weight is 158 g/mol. The smallest absolute Gasteiger partial charge is 0.0166 e. The van der Waals surface area contributed by atoms with Gasteiger partial charge in [-0.2, -0.15) is 0 Å². The highest BCUT2D eigenvalue weighted by molar-refractivity contribution is 5.02. The van der Waals surface area contributed by atoms with Crippen LogP contribution in [0.5, 0.6) is 0 Å². The van der Waals surface area contributed by atoms with Crippen molar-refractivity contribution in [1.82, 2.24) is 0 Å². The summed E-state index contributed by atoms with van der Waals surface area (Å²) in [4.78, 5) is 0. The summed E-state index contributed by atoms with van der Waals surface area (Å²) in [5.74, 6) is 0. The van der Waals surface area contributed by atoms with Crippen LogP contribution in [0.3, 0.4) is 0 Å². The summed E-state index contributed by atoms with van der Waals surface area (Å²) >= 11 is 0. The number of rotatable bonds is 2. The van der Waals surface area contributed by atoms with Crippen molar-refractivity contribution in [2.24, 2.45) is 16.9 Å². The van der Waals surface area contributed by atoms with Crippen molar-refractivity contribution in [3.8, 4) is 0 Å². The van der Waals surface area contributed by atoms with Crippen molar-refractivity contribution < 1.29 is 0 Å². The number of nitrogens with two attached hydrogens (primary N) is 2. The molecule has 0 bridgehead atoms. The molecule has 0 unspecified atom stereocenters. The monoisotopic (exact) mass is 158 g/mol. The minimum Gasteiger partial charge on any atom is -0.325 e. The van der Waals surface area contributed by atoms with Crippen molar-refractivity contribution in [3.63, 3.8) is 0 Å². The molecule has 0 aliphatic heterocycles. The molecule has 2 heteroatoms. The van der Waals surface area contributed by atoms with Gasteiger partial charge in [0.15, 0.2) is 0 Å².